The quantitative estimate of drug-likeness (QED) is 0.609. The van der Waals surface area contributed by atoms with Crippen molar-refractivity contribution in [1.29, 1.82) is 5.41 Å². The number of aromatic nitrogens is 1. The van der Waals surface area contributed by atoms with Gasteiger partial charge in [0.05, 0.1) is 12.2 Å². The molecule has 1 fully saturated rings. The van der Waals surface area contributed by atoms with Crippen LogP contribution in [0.5, 0.6) is 0 Å². The molecule has 2 heterocycles. The Bertz CT molecular complexity index is 451. The predicted molar refractivity (Wildman–Crippen MR) is 72.4 cm³/mol. The minimum atomic E-state index is 0.0835. The Balaban J connectivity index is 2.43. The molecule has 0 bridgehead atoms. The molecular weight excluding hydrogens is 228 g/mol. The molecule has 1 aliphatic heterocycles. The van der Waals surface area contributed by atoms with Gasteiger partial charge in [0.2, 0.25) is 0 Å². The normalized spacial score (nSPS) is 16.4. The molecule has 5 nitrogen and oxygen atoms in total. The third kappa shape index (κ3) is 2.61. The number of nitrogen functional groups attached to an aromatic ring is 1. The van der Waals surface area contributed by atoms with Crippen molar-refractivity contribution in [2.75, 3.05) is 31.2 Å². The highest BCUT2D eigenvalue weighted by atomic mass is 16.5. The van der Waals surface area contributed by atoms with Crippen LogP contribution in [-0.2, 0) is 4.74 Å². The summed E-state index contributed by atoms with van der Waals surface area (Å²) < 4.78 is 5.45. The van der Waals surface area contributed by atoms with Crippen molar-refractivity contribution in [2.24, 2.45) is 5.73 Å². The maximum atomic E-state index is 7.74. The fourth-order valence-electron chi connectivity index (χ4n) is 2.34. The van der Waals surface area contributed by atoms with Crippen molar-refractivity contribution < 1.29 is 4.74 Å². The van der Waals surface area contributed by atoms with Crippen LogP contribution in [0.3, 0.4) is 0 Å². The smallest absolute Gasteiger partial charge is 0.140 e. The summed E-state index contributed by atoms with van der Waals surface area (Å²) in [5.74, 6) is 0.908. The summed E-state index contributed by atoms with van der Waals surface area (Å²) in [6.07, 6.45) is 0.978. The molecule has 1 aromatic rings. The summed E-state index contributed by atoms with van der Waals surface area (Å²) in [6.45, 7) is 7.13. The molecule has 0 aromatic carbocycles. The molecule has 5 heteroatoms. The van der Waals surface area contributed by atoms with E-state index in [4.69, 9.17) is 15.9 Å². The molecule has 1 aliphatic rings. The van der Waals surface area contributed by atoms with Crippen molar-refractivity contribution in [3.63, 3.8) is 0 Å². The second-order valence-corrected chi connectivity index (χ2v) is 4.65. The second-order valence-electron chi connectivity index (χ2n) is 4.65. The number of hydrogen-bond acceptors (Lipinski definition) is 4. The Hall–Kier alpha value is -1.62. The van der Waals surface area contributed by atoms with Crippen LogP contribution in [0.15, 0.2) is 6.07 Å². The number of anilines is 1. The number of amidine groups is 1. The molecular formula is C13H20N4O. The first-order chi connectivity index (χ1) is 8.59. The van der Waals surface area contributed by atoms with Crippen LogP contribution in [0.4, 0.5) is 5.82 Å². The van der Waals surface area contributed by atoms with E-state index in [1.807, 2.05) is 19.9 Å². The van der Waals surface area contributed by atoms with Gasteiger partial charge >= 0.3 is 0 Å². The maximum absolute atomic E-state index is 7.74. The van der Waals surface area contributed by atoms with Crippen LogP contribution >= 0.6 is 0 Å². The van der Waals surface area contributed by atoms with Gasteiger partial charge in [0, 0.05) is 25.4 Å². The fourth-order valence-corrected chi connectivity index (χ4v) is 2.34. The van der Waals surface area contributed by atoms with E-state index in [9.17, 15) is 0 Å². The third-order valence-corrected chi connectivity index (χ3v) is 3.12. The minimum absolute atomic E-state index is 0.0835. The molecule has 0 radical (unpaired) electrons. The Morgan fingerprint density at radius 3 is 2.89 bits per heavy atom. The fraction of sp³-hybridized carbons (Fsp3) is 0.538. The van der Waals surface area contributed by atoms with Gasteiger partial charge in [0.25, 0.3) is 0 Å². The highest BCUT2D eigenvalue weighted by Gasteiger charge is 2.18. The lowest BCUT2D eigenvalue weighted by Crippen LogP contribution is -2.30. The molecule has 1 saturated heterocycles. The highest BCUT2D eigenvalue weighted by molar-refractivity contribution is 6.01. The van der Waals surface area contributed by atoms with Crippen LogP contribution in [0.25, 0.3) is 0 Å². The van der Waals surface area contributed by atoms with Gasteiger partial charge in [-0.3, -0.25) is 5.41 Å². The zero-order valence-electron chi connectivity index (χ0n) is 11.0. The molecule has 1 aromatic heterocycles. The standard InChI is InChI=1S/C13H20N4O/c1-9-8-10(2)16-13(11(9)12(14)15)17-4-3-6-18-7-5-17/h8H,3-7H2,1-2H3,(H3,14,15). The summed E-state index contributed by atoms with van der Waals surface area (Å²) in [5, 5.41) is 7.74. The van der Waals surface area contributed by atoms with Crippen LogP contribution in [0.2, 0.25) is 0 Å². The summed E-state index contributed by atoms with van der Waals surface area (Å²) >= 11 is 0. The van der Waals surface area contributed by atoms with E-state index in [1.54, 1.807) is 0 Å². The molecule has 2 rings (SSSR count). The van der Waals surface area contributed by atoms with Crippen LogP contribution in [-0.4, -0.2) is 37.1 Å². The van der Waals surface area contributed by atoms with Crippen LogP contribution < -0.4 is 10.6 Å². The van der Waals surface area contributed by atoms with Crippen molar-refractivity contribution in [3.8, 4) is 0 Å². The van der Waals surface area contributed by atoms with Gasteiger partial charge in [-0.15, -0.1) is 0 Å². The van der Waals surface area contributed by atoms with E-state index in [0.29, 0.717) is 6.61 Å². The van der Waals surface area contributed by atoms with Crippen molar-refractivity contribution in [3.05, 3.63) is 22.9 Å². The van der Waals surface area contributed by atoms with Gasteiger partial charge in [-0.1, -0.05) is 0 Å². The molecule has 0 atom stereocenters. The van der Waals surface area contributed by atoms with Gasteiger partial charge in [-0.05, 0) is 31.9 Å². The number of nitrogens with one attached hydrogen (secondary N) is 1. The van der Waals surface area contributed by atoms with Gasteiger partial charge in [0.15, 0.2) is 0 Å². The molecule has 98 valence electrons. The number of nitrogens with two attached hydrogens (primary N) is 1. The minimum Gasteiger partial charge on any atom is -0.384 e. The van der Waals surface area contributed by atoms with E-state index in [-0.39, 0.29) is 5.84 Å². The zero-order chi connectivity index (χ0) is 13.1. The lowest BCUT2D eigenvalue weighted by atomic mass is 10.1. The summed E-state index contributed by atoms with van der Waals surface area (Å²) in [7, 11) is 0. The Morgan fingerprint density at radius 2 is 2.17 bits per heavy atom. The largest absolute Gasteiger partial charge is 0.384 e. The van der Waals surface area contributed by atoms with E-state index in [1.165, 1.54) is 0 Å². The maximum Gasteiger partial charge on any atom is 0.140 e. The molecule has 0 unspecified atom stereocenters. The zero-order valence-corrected chi connectivity index (χ0v) is 11.0. The van der Waals surface area contributed by atoms with E-state index in [2.05, 4.69) is 9.88 Å². The summed E-state index contributed by atoms with van der Waals surface area (Å²) in [4.78, 5) is 6.74. The lowest BCUT2D eigenvalue weighted by molar-refractivity contribution is 0.152. The average molecular weight is 248 g/mol. The van der Waals surface area contributed by atoms with E-state index in [0.717, 1.165) is 48.8 Å². The summed E-state index contributed by atoms with van der Waals surface area (Å²) in [5.41, 5.74) is 8.41. The molecule has 0 aliphatic carbocycles. The molecule has 0 saturated carbocycles. The first kappa shape index (κ1) is 12.8. The van der Waals surface area contributed by atoms with Crippen LogP contribution in [0, 0.1) is 19.3 Å². The number of ether oxygens (including phenoxy) is 1. The number of nitrogens with zero attached hydrogens (tertiary/aromatic N) is 2. The van der Waals surface area contributed by atoms with Crippen molar-refractivity contribution >= 4 is 11.7 Å². The monoisotopic (exact) mass is 248 g/mol. The van der Waals surface area contributed by atoms with E-state index >= 15 is 0 Å². The second kappa shape index (κ2) is 5.35. The predicted octanol–water partition coefficient (Wildman–Crippen LogP) is 1.21. The first-order valence-corrected chi connectivity index (χ1v) is 6.25. The molecule has 18 heavy (non-hydrogen) atoms. The van der Waals surface area contributed by atoms with Gasteiger partial charge in [-0.25, -0.2) is 4.98 Å². The average Bonchev–Trinajstić information content (AvgIpc) is 2.55. The van der Waals surface area contributed by atoms with Gasteiger partial charge in [-0.2, -0.15) is 0 Å². The van der Waals surface area contributed by atoms with Gasteiger partial charge < -0.3 is 15.4 Å². The Labute approximate surface area is 107 Å². The summed E-state index contributed by atoms with van der Waals surface area (Å²) in [6, 6.07) is 1.97. The SMILES string of the molecule is Cc1cc(C)c(C(=N)N)c(N2CCCOCC2)n1. The number of pyridine rings is 1. The van der Waals surface area contributed by atoms with Crippen LogP contribution in [0.1, 0.15) is 23.2 Å². The number of aryl methyl sites for hydroxylation is 2. The molecule has 0 amide bonds. The number of hydrogen-bond donors (Lipinski definition) is 2. The Kier molecular flexibility index (Phi) is 3.81. The first-order valence-electron chi connectivity index (χ1n) is 6.25. The lowest BCUT2D eigenvalue weighted by Gasteiger charge is -2.24. The van der Waals surface area contributed by atoms with E-state index < -0.39 is 0 Å². The van der Waals surface area contributed by atoms with Gasteiger partial charge in [0.1, 0.15) is 11.7 Å². The highest BCUT2D eigenvalue weighted by Crippen LogP contribution is 2.23. The Morgan fingerprint density at radius 1 is 1.39 bits per heavy atom. The van der Waals surface area contributed by atoms with Crippen molar-refractivity contribution in [1.82, 2.24) is 4.98 Å². The number of rotatable bonds is 2. The third-order valence-electron chi connectivity index (χ3n) is 3.12. The topological polar surface area (TPSA) is 75.2 Å². The molecule has 0 spiro atoms. The van der Waals surface area contributed by atoms with Crippen molar-refractivity contribution in [2.45, 2.75) is 20.3 Å². The molecule has 3 N–H and O–H groups in total.